The molecule has 42 heavy (non-hydrogen) atoms. The molecule has 0 aliphatic carbocycles. The van der Waals surface area contributed by atoms with Gasteiger partial charge in [-0.25, -0.2) is 9.59 Å². The fraction of sp³-hybridized carbons (Fsp3) is 0.700. The Kier molecular flexibility index (Phi) is 9.63. The number of esters is 1. The first-order valence-corrected chi connectivity index (χ1v) is 16.4. The smallest absolute Gasteiger partial charge is 0.456 e. The third kappa shape index (κ3) is 8.18. The van der Waals surface area contributed by atoms with Crippen molar-refractivity contribution in [2.75, 3.05) is 25.4 Å². The Morgan fingerprint density at radius 1 is 1.05 bits per heavy atom. The summed E-state index contributed by atoms with van der Waals surface area (Å²) in [6.45, 7) is 21.3. The highest BCUT2D eigenvalue weighted by atomic mass is 32.2. The van der Waals surface area contributed by atoms with Crippen LogP contribution in [-0.4, -0.2) is 82.4 Å². The van der Waals surface area contributed by atoms with E-state index in [0.717, 1.165) is 30.6 Å². The number of carbonyl (C=O) groups excluding carboxylic acids is 2. The van der Waals surface area contributed by atoms with E-state index in [9.17, 15) is 9.59 Å². The summed E-state index contributed by atoms with van der Waals surface area (Å²) in [4.78, 5) is 34.3. The molecule has 1 aromatic carbocycles. The van der Waals surface area contributed by atoms with Crippen molar-refractivity contribution in [2.45, 2.75) is 115 Å². The van der Waals surface area contributed by atoms with Crippen molar-refractivity contribution < 1.29 is 33.1 Å². The maximum absolute atomic E-state index is 13.8. The molecule has 0 spiro atoms. The number of rotatable bonds is 7. The zero-order valence-electron chi connectivity index (χ0n) is 26.6. The molecule has 2 saturated heterocycles. The van der Waals surface area contributed by atoms with Crippen molar-refractivity contribution in [3.63, 3.8) is 0 Å². The minimum absolute atomic E-state index is 0.159. The molecular weight excluding hydrogens is 575 g/mol. The Morgan fingerprint density at radius 3 is 2.21 bits per heavy atom. The molecule has 9 nitrogen and oxygen atoms in total. The van der Waals surface area contributed by atoms with Crippen molar-refractivity contribution in [2.24, 2.45) is 4.99 Å². The summed E-state index contributed by atoms with van der Waals surface area (Å²) < 4.78 is 29.6. The molecule has 4 rings (SSSR count). The molecular formula is C30H45BN2O7S2. The van der Waals surface area contributed by atoms with Gasteiger partial charge in [-0.05, 0) is 93.6 Å². The van der Waals surface area contributed by atoms with Crippen molar-refractivity contribution in [3.8, 4) is 5.75 Å². The minimum atomic E-state index is -0.877. The minimum Gasteiger partial charge on any atom is -0.456 e. The lowest BCUT2D eigenvalue weighted by Gasteiger charge is -2.40. The van der Waals surface area contributed by atoms with Gasteiger partial charge >= 0.3 is 19.2 Å². The molecule has 0 N–H and O–H groups in total. The second kappa shape index (κ2) is 12.2. The fourth-order valence-electron chi connectivity index (χ4n) is 4.62. The van der Waals surface area contributed by atoms with Crippen LogP contribution >= 0.6 is 23.5 Å². The van der Waals surface area contributed by atoms with Crippen LogP contribution in [-0.2, 0) is 25.2 Å². The van der Waals surface area contributed by atoms with Gasteiger partial charge in [0.05, 0.1) is 17.7 Å². The van der Waals surface area contributed by atoms with E-state index >= 15 is 0 Å². The van der Waals surface area contributed by atoms with Gasteiger partial charge in [-0.3, -0.25) is 4.99 Å². The van der Waals surface area contributed by atoms with E-state index in [0.29, 0.717) is 23.2 Å². The molecule has 12 heteroatoms. The number of aliphatic imine (C=N–C) groups is 1. The molecule has 0 atom stereocenters. The van der Waals surface area contributed by atoms with Gasteiger partial charge in [0.15, 0.2) is 10.9 Å². The standard InChI is InChI=1S/C30H45BN2O7S2/c1-27(2,3)37-24(34)22-21(42-20-17-33(18-20)25-32-15-16-41-25)12-11-19(23(22)36-26(35)38-28(4,5)6)13-14-31-39-29(7,8)30(9,10)40-31/h11-12,20H,13-18H2,1-10H3. The van der Waals surface area contributed by atoms with E-state index in [1.54, 1.807) is 44.3 Å². The predicted molar refractivity (Wildman–Crippen MR) is 169 cm³/mol. The Bertz CT molecular complexity index is 1200. The topological polar surface area (TPSA) is 95.9 Å². The SMILES string of the molecule is CC(C)(C)OC(=O)Oc1c(CCB2OC(C)(C)C(C)(C)O2)ccc(SC2CN(C3=NCCS3)C2)c1C(=O)OC(C)(C)C. The molecule has 3 aliphatic heterocycles. The largest absolute Gasteiger partial charge is 0.514 e. The van der Waals surface area contributed by atoms with Crippen LogP contribution in [0, 0.1) is 0 Å². The molecule has 0 unspecified atom stereocenters. The van der Waals surface area contributed by atoms with Crippen molar-refractivity contribution in [1.82, 2.24) is 4.90 Å². The number of thioether (sulfide) groups is 2. The fourth-order valence-corrected chi connectivity index (χ4v) is 6.80. The number of carbonyl (C=O) groups is 2. The van der Waals surface area contributed by atoms with Gasteiger partial charge in [-0.1, -0.05) is 17.8 Å². The molecule has 0 aromatic heterocycles. The van der Waals surface area contributed by atoms with E-state index in [-0.39, 0.29) is 16.6 Å². The second-order valence-corrected chi connectivity index (χ2v) is 16.3. The Hall–Kier alpha value is -1.89. The molecule has 0 saturated carbocycles. The number of aryl methyl sites for hydroxylation is 1. The quantitative estimate of drug-likeness (QED) is 0.192. The average molecular weight is 621 g/mol. The highest BCUT2D eigenvalue weighted by Crippen LogP contribution is 2.42. The zero-order valence-corrected chi connectivity index (χ0v) is 28.3. The molecule has 0 amide bonds. The number of benzene rings is 1. The maximum Gasteiger partial charge on any atom is 0.514 e. The van der Waals surface area contributed by atoms with Crippen LogP contribution < -0.4 is 4.74 Å². The third-order valence-corrected chi connectivity index (χ3v) is 9.57. The first-order valence-electron chi connectivity index (χ1n) is 14.6. The summed E-state index contributed by atoms with van der Waals surface area (Å²) in [7, 11) is -0.444. The summed E-state index contributed by atoms with van der Waals surface area (Å²) in [5.41, 5.74) is -1.53. The third-order valence-electron chi connectivity index (χ3n) is 7.31. The monoisotopic (exact) mass is 620 g/mol. The molecule has 0 bridgehead atoms. The van der Waals surface area contributed by atoms with Crippen molar-refractivity contribution in [3.05, 3.63) is 23.3 Å². The first kappa shape index (κ1) is 33.0. The van der Waals surface area contributed by atoms with Crippen LogP contribution in [0.25, 0.3) is 0 Å². The normalized spacial score (nSPS) is 20.3. The average Bonchev–Trinajstić information content (AvgIpc) is 3.38. The van der Waals surface area contributed by atoms with Crippen molar-refractivity contribution in [1.29, 1.82) is 0 Å². The van der Waals surface area contributed by atoms with Crippen LogP contribution in [0.2, 0.25) is 6.32 Å². The summed E-state index contributed by atoms with van der Waals surface area (Å²) in [6.07, 6.45) is 0.0801. The Labute approximate surface area is 259 Å². The summed E-state index contributed by atoms with van der Waals surface area (Å²) in [5, 5.41) is 1.34. The number of hydrogen-bond acceptors (Lipinski definition) is 11. The van der Waals surface area contributed by atoms with Crippen LogP contribution in [0.5, 0.6) is 5.75 Å². The van der Waals surface area contributed by atoms with Gasteiger partial charge in [0.2, 0.25) is 0 Å². The number of ether oxygens (including phenoxy) is 3. The highest BCUT2D eigenvalue weighted by molar-refractivity contribution is 8.14. The first-order chi connectivity index (χ1) is 19.3. The van der Waals surface area contributed by atoms with E-state index in [1.165, 1.54) is 0 Å². The molecule has 3 aliphatic rings. The Balaban J connectivity index is 1.65. The summed E-state index contributed by atoms with van der Waals surface area (Å²) in [5.74, 6) is 0.630. The van der Waals surface area contributed by atoms with Gasteiger partial charge < -0.3 is 28.4 Å². The number of likely N-dealkylation sites (tertiary alicyclic amines) is 1. The molecule has 3 heterocycles. The van der Waals surface area contributed by atoms with E-state index in [4.69, 9.17) is 23.5 Å². The lowest BCUT2D eigenvalue weighted by atomic mass is 9.81. The number of nitrogens with zero attached hydrogens (tertiary/aromatic N) is 2. The lowest BCUT2D eigenvalue weighted by Crippen LogP contribution is -2.50. The van der Waals surface area contributed by atoms with Gasteiger partial charge in [-0.2, -0.15) is 0 Å². The zero-order chi connectivity index (χ0) is 31.1. The van der Waals surface area contributed by atoms with E-state index in [2.05, 4.69) is 9.89 Å². The number of hydrogen-bond donors (Lipinski definition) is 0. The van der Waals surface area contributed by atoms with Gasteiger partial charge in [0.1, 0.15) is 16.8 Å². The maximum atomic E-state index is 13.8. The van der Waals surface area contributed by atoms with Crippen LogP contribution in [0.3, 0.4) is 0 Å². The van der Waals surface area contributed by atoms with Crippen molar-refractivity contribution >= 4 is 47.9 Å². The predicted octanol–water partition coefficient (Wildman–Crippen LogP) is 6.47. The van der Waals surface area contributed by atoms with Crippen LogP contribution in [0.15, 0.2) is 22.0 Å². The second-order valence-electron chi connectivity index (χ2n) is 13.9. The summed E-state index contributed by atoms with van der Waals surface area (Å²) >= 11 is 3.37. The van der Waals surface area contributed by atoms with E-state index < -0.39 is 41.6 Å². The van der Waals surface area contributed by atoms with Crippen LogP contribution in [0.4, 0.5) is 4.79 Å². The highest BCUT2D eigenvalue weighted by Gasteiger charge is 2.50. The molecule has 1 aromatic rings. The van der Waals surface area contributed by atoms with Gasteiger partial charge in [0, 0.05) is 29.0 Å². The number of amidine groups is 1. The van der Waals surface area contributed by atoms with Gasteiger partial charge in [-0.15, -0.1) is 11.8 Å². The Morgan fingerprint density at radius 2 is 1.67 bits per heavy atom. The van der Waals surface area contributed by atoms with Crippen LogP contribution in [0.1, 0.15) is 85.2 Å². The molecule has 2 fully saturated rings. The molecule has 232 valence electrons. The summed E-state index contributed by atoms with van der Waals surface area (Å²) in [6, 6.07) is 3.84. The molecule has 0 radical (unpaired) electrons. The lowest BCUT2D eigenvalue weighted by molar-refractivity contribution is 0.00561. The van der Waals surface area contributed by atoms with Gasteiger partial charge in [0.25, 0.3) is 0 Å². The van der Waals surface area contributed by atoms with E-state index in [1.807, 2.05) is 60.6 Å².